The molecule has 0 bridgehead atoms. The van der Waals surface area contributed by atoms with Crippen LogP contribution in [0, 0.1) is 5.41 Å². The zero-order valence-corrected chi connectivity index (χ0v) is 14.6. The van der Waals surface area contributed by atoms with Crippen LogP contribution >= 0.6 is 23.4 Å². The number of amides is 1. The molecule has 1 saturated heterocycles. The third-order valence-electron chi connectivity index (χ3n) is 4.07. The van der Waals surface area contributed by atoms with Gasteiger partial charge >= 0.3 is 0 Å². The zero-order chi connectivity index (χ0) is 15.6. The Bertz CT molecular complexity index is 531. The van der Waals surface area contributed by atoms with E-state index in [9.17, 15) is 4.79 Å². The lowest BCUT2D eigenvalue weighted by Crippen LogP contribution is -2.42. The summed E-state index contributed by atoms with van der Waals surface area (Å²) in [4.78, 5) is 13.9. The van der Waals surface area contributed by atoms with Gasteiger partial charge in [-0.15, -0.1) is 0 Å². The first-order valence-electron chi connectivity index (χ1n) is 7.17. The third-order valence-corrected chi connectivity index (χ3v) is 5.36. The van der Waals surface area contributed by atoms with Crippen LogP contribution in [0.1, 0.15) is 30.6 Å². The lowest BCUT2D eigenvalue weighted by atomic mass is 9.82. The van der Waals surface area contributed by atoms with Crippen molar-refractivity contribution in [3.63, 3.8) is 0 Å². The first-order valence-corrected chi connectivity index (χ1v) is 8.70. The second kappa shape index (κ2) is 6.49. The Kier molecular flexibility index (Phi) is 5.10. The fourth-order valence-electron chi connectivity index (χ4n) is 2.42. The first kappa shape index (κ1) is 16.5. The van der Waals surface area contributed by atoms with E-state index in [0.29, 0.717) is 16.6 Å². The molecule has 3 nitrogen and oxygen atoms in total. The van der Waals surface area contributed by atoms with Crippen LogP contribution in [-0.2, 0) is 0 Å². The topological polar surface area (TPSA) is 32.3 Å². The van der Waals surface area contributed by atoms with Gasteiger partial charge in [-0.1, -0.05) is 25.4 Å². The Labute approximate surface area is 136 Å². The molecule has 1 heterocycles. The predicted molar refractivity (Wildman–Crippen MR) is 92.6 cm³/mol. The highest BCUT2D eigenvalue weighted by Crippen LogP contribution is 2.37. The van der Waals surface area contributed by atoms with E-state index in [1.807, 2.05) is 17.8 Å². The summed E-state index contributed by atoms with van der Waals surface area (Å²) in [5, 5.41) is 4.21. The molecule has 5 heteroatoms. The Morgan fingerprint density at radius 2 is 2.14 bits per heavy atom. The molecule has 21 heavy (non-hydrogen) atoms. The van der Waals surface area contributed by atoms with Crippen molar-refractivity contribution < 1.29 is 4.79 Å². The van der Waals surface area contributed by atoms with E-state index >= 15 is 0 Å². The molecular weight excluding hydrogens is 304 g/mol. The van der Waals surface area contributed by atoms with Crippen LogP contribution in [0.5, 0.6) is 0 Å². The van der Waals surface area contributed by atoms with Crippen molar-refractivity contribution in [2.24, 2.45) is 5.41 Å². The average molecular weight is 327 g/mol. The summed E-state index contributed by atoms with van der Waals surface area (Å²) in [6, 6.07) is 5.76. The number of nitrogens with zero attached hydrogens (tertiary/aromatic N) is 1. The van der Waals surface area contributed by atoms with E-state index in [1.54, 1.807) is 31.1 Å². The molecule has 116 valence electrons. The van der Waals surface area contributed by atoms with Crippen molar-refractivity contribution in [3.8, 4) is 0 Å². The third kappa shape index (κ3) is 3.86. The van der Waals surface area contributed by atoms with Crippen molar-refractivity contribution >= 4 is 35.0 Å². The van der Waals surface area contributed by atoms with Gasteiger partial charge in [0, 0.05) is 36.6 Å². The Morgan fingerprint density at radius 3 is 2.76 bits per heavy atom. The molecule has 0 radical (unpaired) electrons. The maximum Gasteiger partial charge on any atom is 0.255 e. The molecule has 1 aromatic carbocycles. The van der Waals surface area contributed by atoms with Crippen molar-refractivity contribution in [2.75, 3.05) is 30.9 Å². The van der Waals surface area contributed by atoms with Gasteiger partial charge in [-0.25, -0.2) is 0 Å². The molecule has 1 aliphatic rings. The number of carbonyl (C=O) groups is 1. The SMILES string of the molecule is CN(C)C(=O)c1ccc(Cl)cc1NC1CSCCC1(C)C. The van der Waals surface area contributed by atoms with Crippen LogP contribution in [0.2, 0.25) is 5.02 Å². The smallest absolute Gasteiger partial charge is 0.255 e. The number of halogens is 1. The van der Waals surface area contributed by atoms with E-state index in [1.165, 1.54) is 12.2 Å². The van der Waals surface area contributed by atoms with E-state index in [2.05, 4.69) is 19.2 Å². The van der Waals surface area contributed by atoms with Crippen molar-refractivity contribution in [3.05, 3.63) is 28.8 Å². The van der Waals surface area contributed by atoms with Gasteiger partial charge in [0.05, 0.1) is 5.56 Å². The molecule has 1 atom stereocenters. The van der Waals surface area contributed by atoms with Crippen LogP contribution in [0.3, 0.4) is 0 Å². The first-order chi connectivity index (χ1) is 9.81. The molecule has 1 N–H and O–H groups in total. The quantitative estimate of drug-likeness (QED) is 0.911. The number of hydrogen-bond donors (Lipinski definition) is 1. The van der Waals surface area contributed by atoms with Crippen molar-refractivity contribution in [2.45, 2.75) is 26.3 Å². The Hall–Kier alpha value is -0.870. The monoisotopic (exact) mass is 326 g/mol. The molecule has 1 amide bonds. The van der Waals surface area contributed by atoms with E-state index in [-0.39, 0.29) is 11.3 Å². The minimum atomic E-state index is -0.00423. The van der Waals surface area contributed by atoms with Gasteiger partial charge in [0.15, 0.2) is 0 Å². The summed E-state index contributed by atoms with van der Waals surface area (Å²) in [7, 11) is 3.53. The lowest BCUT2D eigenvalue weighted by Gasteiger charge is -2.39. The van der Waals surface area contributed by atoms with Gasteiger partial charge < -0.3 is 10.2 Å². The highest BCUT2D eigenvalue weighted by molar-refractivity contribution is 7.99. The molecule has 0 aromatic heterocycles. The fourth-order valence-corrected chi connectivity index (χ4v) is 4.20. The minimum absolute atomic E-state index is 0.00423. The van der Waals surface area contributed by atoms with Crippen LogP contribution < -0.4 is 5.32 Å². The molecule has 1 aromatic rings. The second-order valence-electron chi connectivity index (χ2n) is 6.40. The van der Waals surface area contributed by atoms with Gasteiger partial charge in [0.2, 0.25) is 0 Å². The molecule has 1 aliphatic heterocycles. The molecule has 0 saturated carbocycles. The number of anilines is 1. The van der Waals surface area contributed by atoms with E-state index in [4.69, 9.17) is 11.6 Å². The fraction of sp³-hybridized carbons (Fsp3) is 0.562. The van der Waals surface area contributed by atoms with Gasteiger partial charge in [-0.2, -0.15) is 11.8 Å². The summed E-state index contributed by atoms with van der Waals surface area (Å²) >= 11 is 8.08. The Balaban J connectivity index is 2.30. The normalized spacial score (nSPS) is 20.9. The second-order valence-corrected chi connectivity index (χ2v) is 7.99. The number of nitrogens with one attached hydrogen (secondary N) is 1. The largest absolute Gasteiger partial charge is 0.380 e. The standard InChI is InChI=1S/C16H23ClN2OS/c1-16(2)7-8-21-10-14(16)18-13-9-11(17)5-6-12(13)15(20)19(3)4/h5-6,9,14,18H,7-8,10H2,1-4H3. The van der Waals surface area contributed by atoms with Crippen molar-refractivity contribution in [1.29, 1.82) is 0 Å². The van der Waals surface area contributed by atoms with Crippen LogP contribution in [0.4, 0.5) is 5.69 Å². The van der Waals surface area contributed by atoms with E-state index < -0.39 is 0 Å². The highest BCUT2D eigenvalue weighted by Gasteiger charge is 2.33. The lowest BCUT2D eigenvalue weighted by molar-refractivity contribution is 0.0828. The number of thioether (sulfide) groups is 1. The maximum atomic E-state index is 12.3. The molecule has 1 fully saturated rings. The Morgan fingerprint density at radius 1 is 1.43 bits per heavy atom. The molecule has 0 aliphatic carbocycles. The number of rotatable bonds is 3. The van der Waals surface area contributed by atoms with Crippen LogP contribution in [-0.4, -0.2) is 42.4 Å². The summed E-state index contributed by atoms with van der Waals surface area (Å²) in [6.07, 6.45) is 1.17. The number of benzene rings is 1. The van der Waals surface area contributed by atoms with Gasteiger partial charge in [-0.3, -0.25) is 4.79 Å². The van der Waals surface area contributed by atoms with E-state index in [0.717, 1.165) is 11.4 Å². The summed E-state index contributed by atoms with van der Waals surface area (Å²) in [5.74, 6) is 2.25. The molecular formula is C16H23ClN2OS. The summed E-state index contributed by atoms with van der Waals surface area (Å²) in [6.45, 7) is 4.56. The highest BCUT2D eigenvalue weighted by atomic mass is 35.5. The summed E-state index contributed by atoms with van der Waals surface area (Å²) < 4.78 is 0. The molecule has 1 unspecified atom stereocenters. The zero-order valence-electron chi connectivity index (χ0n) is 13.1. The number of hydrogen-bond acceptors (Lipinski definition) is 3. The molecule has 2 rings (SSSR count). The van der Waals surface area contributed by atoms with Gasteiger partial charge in [0.25, 0.3) is 5.91 Å². The maximum absolute atomic E-state index is 12.3. The minimum Gasteiger partial charge on any atom is -0.380 e. The van der Waals surface area contributed by atoms with Crippen molar-refractivity contribution in [1.82, 2.24) is 4.90 Å². The van der Waals surface area contributed by atoms with Crippen LogP contribution in [0.25, 0.3) is 0 Å². The van der Waals surface area contributed by atoms with Gasteiger partial charge in [-0.05, 0) is 35.8 Å². The van der Waals surface area contributed by atoms with Crippen LogP contribution in [0.15, 0.2) is 18.2 Å². The average Bonchev–Trinajstić information content (AvgIpc) is 2.40. The predicted octanol–water partition coefficient (Wildman–Crippen LogP) is 3.99. The molecule has 0 spiro atoms. The van der Waals surface area contributed by atoms with Gasteiger partial charge in [0.1, 0.15) is 0 Å². The number of carbonyl (C=O) groups excluding carboxylic acids is 1. The summed E-state index contributed by atoms with van der Waals surface area (Å²) in [5.41, 5.74) is 1.73.